The fourth-order valence-electron chi connectivity index (χ4n) is 3.82. The van der Waals surface area contributed by atoms with Crippen molar-refractivity contribution in [3.8, 4) is 17.6 Å². The van der Waals surface area contributed by atoms with Gasteiger partial charge in [0.25, 0.3) is 0 Å². The second kappa shape index (κ2) is 6.01. The third kappa shape index (κ3) is 2.09. The van der Waals surface area contributed by atoms with E-state index in [9.17, 15) is 20.0 Å². The van der Waals surface area contributed by atoms with Crippen LogP contribution in [0.1, 0.15) is 34.8 Å². The molecule has 0 aliphatic carbocycles. The van der Waals surface area contributed by atoms with Crippen LogP contribution in [0.25, 0.3) is 0 Å². The Morgan fingerprint density at radius 2 is 2.14 bits per heavy atom. The van der Waals surface area contributed by atoms with Gasteiger partial charge in [-0.05, 0) is 30.3 Å². The number of carbonyl (C=O) groups is 2. The van der Waals surface area contributed by atoms with Crippen LogP contribution in [-0.4, -0.2) is 16.8 Å². The number of rotatable bonds is 2. The van der Waals surface area contributed by atoms with Gasteiger partial charge in [0.05, 0.1) is 11.1 Å². The summed E-state index contributed by atoms with van der Waals surface area (Å²) < 4.78 is 5.52. The summed E-state index contributed by atoms with van der Waals surface area (Å²) in [6, 6.07) is 9.52. The number of ether oxygens (including phenoxy) is 1. The summed E-state index contributed by atoms with van der Waals surface area (Å²) in [5, 5.41) is 23.8. The first-order valence-electron chi connectivity index (χ1n) is 8.45. The molecule has 0 radical (unpaired) electrons. The Hall–Kier alpha value is -3.50. The number of amides is 1. The normalized spacial score (nSPS) is 19.5. The van der Waals surface area contributed by atoms with Crippen LogP contribution in [0.2, 0.25) is 5.02 Å². The van der Waals surface area contributed by atoms with Crippen LogP contribution >= 0.6 is 11.6 Å². The van der Waals surface area contributed by atoms with Gasteiger partial charge in [0.2, 0.25) is 11.8 Å². The summed E-state index contributed by atoms with van der Waals surface area (Å²) in [6.07, 6.45) is 0.151. The Kier molecular flexibility index (Phi) is 3.84. The Morgan fingerprint density at radius 3 is 2.82 bits per heavy atom. The molecule has 1 spiro atoms. The summed E-state index contributed by atoms with van der Waals surface area (Å²) >= 11 is 6.15. The molecule has 4 rings (SSSR count). The molecule has 140 valence electrons. The van der Waals surface area contributed by atoms with Crippen LogP contribution in [0.5, 0.6) is 11.5 Å². The number of phenols is 1. The smallest absolute Gasteiger partial charge is 0.245 e. The standard InChI is InChI=1S/C20H14ClN3O4/c1-2-14(25)10-4-6-15-16(17(10)26)20(12(8-22)18(23)28-15)11-7-9(21)3-5-13(11)24-19(20)27/h3-7,26H,2,23H2,1H3,(H,24,27). The zero-order valence-corrected chi connectivity index (χ0v) is 15.4. The monoisotopic (exact) mass is 395 g/mol. The number of halogens is 1. The van der Waals surface area contributed by atoms with E-state index in [1.54, 1.807) is 19.1 Å². The summed E-state index contributed by atoms with van der Waals surface area (Å²) in [6.45, 7) is 1.66. The summed E-state index contributed by atoms with van der Waals surface area (Å²) in [5.41, 5.74) is 4.81. The number of nitrogens with two attached hydrogens (primary N) is 1. The Morgan fingerprint density at radius 1 is 1.39 bits per heavy atom. The first kappa shape index (κ1) is 17.9. The SMILES string of the molecule is CCC(=O)c1ccc2c(c1O)C1(C(=O)Nc3ccc(Cl)cc31)C(C#N)=C(N)O2. The van der Waals surface area contributed by atoms with Crippen molar-refractivity contribution < 1.29 is 19.4 Å². The van der Waals surface area contributed by atoms with Crippen molar-refractivity contribution in [2.24, 2.45) is 5.73 Å². The summed E-state index contributed by atoms with van der Waals surface area (Å²) in [7, 11) is 0. The highest BCUT2D eigenvalue weighted by molar-refractivity contribution is 6.31. The van der Waals surface area contributed by atoms with Crippen molar-refractivity contribution in [1.82, 2.24) is 0 Å². The molecular weight excluding hydrogens is 382 g/mol. The molecular formula is C20H14ClN3O4. The van der Waals surface area contributed by atoms with Gasteiger partial charge in [-0.2, -0.15) is 5.26 Å². The highest BCUT2D eigenvalue weighted by Crippen LogP contribution is 2.56. The molecule has 1 atom stereocenters. The van der Waals surface area contributed by atoms with Gasteiger partial charge in [-0.25, -0.2) is 0 Å². The minimum atomic E-state index is -1.78. The van der Waals surface area contributed by atoms with Gasteiger partial charge < -0.3 is 20.9 Å². The molecule has 1 unspecified atom stereocenters. The second-order valence-corrected chi connectivity index (χ2v) is 6.90. The fraction of sp³-hybridized carbons (Fsp3) is 0.150. The lowest BCUT2D eigenvalue weighted by atomic mass is 9.68. The fourth-order valence-corrected chi connectivity index (χ4v) is 4.00. The molecule has 8 heteroatoms. The van der Waals surface area contributed by atoms with E-state index >= 15 is 0 Å². The number of phenolic OH excluding ortho intramolecular Hbond substituents is 1. The molecule has 4 N–H and O–H groups in total. The van der Waals surface area contributed by atoms with E-state index in [-0.39, 0.29) is 40.5 Å². The Balaban J connectivity index is 2.17. The zero-order valence-electron chi connectivity index (χ0n) is 14.7. The van der Waals surface area contributed by atoms with E-state index < -0.39 is 17.1 Å². The molecule has 28 heavy (non-hydrogen) atoms. The molecule has 2 aliphatic rings. The van der Waals surface area contributed by atoms with E-state index in [2.05, 4.69) is 5.32 Å². The first-order chi connectivity index (χ1) is 13.4. The van der Waals surface area contributed by atoms with Crippen LogP contribution in [-0.2, 0) is 10.2 Å². The number of hydrogen-bond acceptors (Lipinski definition) is 6. The van der Waals surface area contributed by atoms with E-state index in [4.69, 9.17) is 22.1 Å². The number of nitriles is 1. The minimum Gasteiger partial charge on any atom is -0.507 e. The average Bonchev–Trinajstić information content (AvgIpc) is 2.94. The largest absolute Gasteiger partial charge is 0.507 e. The van der Waals surface area contributed by atoms with Crippen molar-refractivity contribution >= 4 is 29.0 Å². The van der Waals surface area contributed by atoms with Crippen LogP contribution in [0.3, 0.4) is 0 Å². The van der Waals surface area contributed by atoms with Gasteiger partial charge in [-0.1, -0.05) is 18.5 Å². The average molecular weight is 396 g/mol. The number of hydrogen-bond donors (Lipinski definition) is 3. The van der Waals surface area contributed by atoms with E-state index in [1.165, 1.54) is 18.2 Å². The molecule has 7 nitrogen and oxygen atoms in total. The third-order valence-corrected chi connectivity index (χ3v) is 5.30. The molecule has 0 saturated carbocycles. The lowest BCUT2D eigenvalue weighted by molar-refractivity contribution is -0.118. The number of anilines is 1. The van der Waals surface area contributed by atoms with E-state index in [0.29, 0.717) is 16.3 Å². The Labute approximate surface area is 165 Å². The van der Waals surface area contributed by atoms with Crippen LogP contribution in [0, 0.1) is 11.3 Å². The molecule has 2 aliphatic heterocycles. The number of fused-ring (bicyclic) bond motifs is 4. The lowest BCUT2D eigenvalue weighted by Gasteiger charge is -2.34. The van der Waals surface area contributed by atoms with Gasteiger partial charge in [0, 0.05) is 22.7 Å². The van der Waals surface area contributed by atoms with Gasteiger partial charge in [0.15, 0.2) is 5.78 Å². The maximum Gasteiger partial charge on any atom is 0.245 e. The van der Waals surface area contributed by atoms with Crippen LogP contribution in [0.4, 0.5) is 5.69 Å². The predicted octanol–water partition coefficient (Wildman–Crippen LogP) is 2.96. The predicted molar refractivity (Wildman–Crippen MR) is 101 cm³/mol. The molecule has 2 aromatic rings. The molecule has 1 amide bonds. The number of aromatic hydroxyl groups is 1. The maximum atomic E-state index is 13.3. The molecule has 0 saturated heterocycles. The van der Waals surface area contributed by atoms with Crippen LogP contribution < -0.4 is 15.8 Å². The summed E-state index contributed by atoms with van der Waals surface area (Å²) in [5.74, 6) is -1.50. The Bertz CT molecular complexity index is 1150. The van der Waals surface area contributed by atoms with Gasteiger partial charge in [-0.3, -0.25) is 9.59 Å². The van der Waals surface area contributed by atoms with E-state index in [1.807, 2.05) is 6.07 Å². The van der Waals surface area contributed by atoms with Crippen molar-refractivity contribution in [3.05, 3.63) is 63.5 Å². The first-order valence-corrected chi connectivity index (χ1v) is 8.83. The topological polar surface area (TPSA) is 125 Å². The van der Waals surface area contributed by atoms with Crippen molar-refractivity contribution in [1.29, 1.82) is 5.26 Å². The number of ketones is 1. The molecule has 2 aromatic carbocycles. The van der Waals surface area contributed by atoms with Crippen molar-refractivity contribution in [2.45, 2.75) is 18.8 Å². The van der Waals surface area contributed by atoms with Crippen molar-refractivity contribution in [3.63, 3.8) is 0 Å². The van der Waals surface area contributed by atoms with Crippen molar-refractivity contribution in [2.75, 3.05) is 5.32 Å². The molecule has 0 fully saturated rings. The quantitative estimate of drug-likeness (QED) is 0.671. The lowest BCUT2D eigenvalue weighted by Crippen LogP contribution is -2.42. The van der Waals surface area contributed by atoms with E-state index in [0.717, 1.165) is 0 Å². The zero-order chi connectivity index (χ0) is 20.2. The molecule has 0 aromatic heterocycles. The summed E-state index contributed by atoms with van der Waals surface area (Å²) in [4.78, 5) is 25.5. The minimum absolute atomic E-state index is 0.00364. The highest BCUT2D eigenvalue weighted by Gasteiger charge is 2.58. The number of benzene rings is 2. The second-order valence-electron chi connectivity index (χ2n) is 6.46. The molecule has 2 heterocycles. The number of nitrogens with one attached hydrogen (secondary N) is 1. The maximum absolute atomic E-state index is 13.3. The highest BCUT2D eigenvalue weighted by atomic mass is 35.5. The molecule has 0 bridgehead atoms. The van der Waals surface area contributed by atoms with Gasteiger partial charge in [-0.15, -0.1) is 0 Å². The van der Waals surface area contributed by atoms with Gasteiger partial charge in [0.1, 0.15) is 28.6 Å². The number of nitrogens with zero attached hydrogens (tertiary/aromatic N) is 1. The third-order valence-electron chi connectivity index (χ3n) is 5.06. The number of carbonyl (C=O) groups excluding carboxylic acids is 2. The van der Waals surface area contributed by atoms with Gasteiger partial charge >= 0.3 is 0 Å². The van der Waals surface area contributed by atoms with Crippen LogP contribution in [0.15, 0.2) is 41.8 Å². The number of Topliss-reactive ketones (excluding diaryl/α,β-unsaturated/α-hetero) is 1.